The van der Waals surface area contributed by atoms with E-state index in [-0.39, 0.29) is 30.6 Å². The summed E-state index contributed by atoms with van der Waals surface area (Å²) >= 11 is 0. The third-order valence-corrected chi connectivity index (χ3v) is 8.94. The van der Waals surface area contributed by atoms with Gasteiger partial charge in [0.25, 0.3) is 0 Å². The fraction of sp³-hybridized carbons (Fsp3) is 0.533. The molecule has 0 spiro atoms. The smallest absolute Gasteiger partial charge is 0.416 e. The van der Waals surface area contributed by atoms with Crippen molar-refractivity contribution in [2.75, 3.05) is 19.6 Å². The summed E-state index contributed by atoms with van der Waals surface area (Å²) in [5, 5.41) is 9.61. The molecule has 2 aromatic carbocycles. The molecule has 0 saturated carbocycles. The summed E-state index contributed by atoms with van der Waals surface area (Å²) in [6.07, 6.45) is -10.6. The van der Waals surface area contributed by atoms with E-state index in [0.717, 1.165) is 0 Å². The van der Waals surface area contributed by atoms with Gasteiger partial charge in [-0.05, 0) is 81.1 Å². The Hall–Kier alpha value is -3.19. The molecule has 0 aromatic heterocycles. The molecule has 1 N–H and O–H groups in total. The fourth-order valence-electron chi connectivity index (χ4n) is 6.93. The Labute approximate surface area is 243 Å². The quantitative estimate of drug-likeness (QED) is 0.372. The maximum Gasteiger partial charge on any atom is 0.416 e. The summed E-state index contributed by atoms with van der Waals surface area (Å²) in [6.45, 7) is 3.89. The fourth-order valence-corrected chi connectivity index (χ4v) is 6.93. The third kappa shape index (κ3) is 6.11. The average Bonchev–Trinajstić information content (AvgIpc) is 3.57. The van der Waals surface area contributed by atoms with Crippen LogP contribution in [0.5, 0.6) is 0 Å². The maximum atomic E-state index is 13.8. The number of carbonyl (C=O) groups is 2. The molecule has 6 atom stereocenters. The van der Waals surface area contributed by atoms with Gasteiger partial charge in [-0.25, -0.2) is 4.39 Å². The molecule has 3 saturated heterocycles. The summed E-state index contributed by atoms with van der Waals surface area (Å²) in [5.74, 6) is -2.26. The molecule has 3 fully saturated rings. The Kier molecular flexibility index (Phi) is 8.04. The summed E-state index contributed by atoms with van der Waals surface area (Å²) < 4.78 is 101. The summed E-state index contributed by atoms with van der Waals surface area (Å²) in [4.78, 5) is 28.9. The lowest BCUT2D eigenvalue weighted by Crippen LogP contribution is -2.46. The van der Waals surface area contributed by atoms with E-state index in [4.69, 9.17) is 4.74 Å². The summed E-state index contributed by atoms with van der Waals surface area (Å²) in [5.41, 5.74) is -3.56. The first-order chi connectivity index (χ1) is 20.0. The molecule has 0 bridgehead atoms. The molecule has 5 rings (SSSR count). The number of alkyl halides is 6. The highest BCUT2D eigenvalue weighted by Crippen LogP contribution is 2.50. The molecule has 3 aliphatic heterocycles. The maximum absolute atomic E-state index is 13.8. The van der Waals surface area contributed by atoms with Crippen LogP contribution in [0.1, 0.15) is 67.4 Å². The lowest BCUT2D eigenvalue weighted by molar-refractivity contribution is -0.145. The average molecular weight is 617 g/mol. The van der Waals surface area contributed by atoms with Gasteiger partial charge in [-0.2, -0.15) is 26.3 Å². The van der Waals surface area contributed by atoms with Crippen molar-refractivity contribution in [2.45, 2.75) is 75.7 Å². The SMILES string of the molecule is C[C@@H](O[C@H]1CN2C(=O)C(C)(CN3CCCC3C(=O)O)CC2[C@@H]1c1ccc(F)cc1)c1cc(C(F)(F)F)cc(C(F)(F)F)c1. The van der Waals surface area contributed by atoms with Gasteiger partial charge in [0.05, 0.1) is 28.7 Å². The Morgan fingerprint density at radius 2 is 1.67 bits per heavy atom. The molecule has 2 aromatic rings. The predicted octanol–water partition coefficient (Wildman–Crippen LogP) is 6.26. The van der Waals surface area contributed by atoms with Gasteiger partial charge in [0.15, 0.2) is 0 Å². The number of likely N-dealkylation sites (tertiary alicyclic amines) is 1. The minimum Gasteiger partial charge on any atom is -0.480 e. The molecule has 3 unspecified atom stereocenters. The number of nitrogens with zero attached hydrogens (tertiary/aromatic N) is 2. The molecule has 234 valence electrons. The Balaban J connectivity index is 1.44. The largest absolute Gasteiger partial charge is 0.480 e. The van der Waals surface area contributed by atoms with Crippen molar-refractivity contribution in [2.24, 2.45) is 5.41 Å². The molecule has 13 heteroatoms. The monoisotopic (exact) mass is 616 g/mol. The standard InChI is InChI=1S/C30H31F7N2O4/c1-16(18-10-19(29(32,33)34)12-20(11-18)30(35,36)37)43-24-14-39-23(25(24)17-5-7-21(31)8-6-17)13-28(2,27(39)42)15-38-9-3-4-22(38)26(40)41/h5-8,10-12,16,22-25H,3-4,9,13-15H2,1-2H3,(H,40,41)/t16-,22?,23?,24+,25+,28?/m1/s1. The Bertz CT molecular complexity index is 1350. The number of carbonyl (C=O) groups excluding carboxylic acids is 1. The summed E-state index contributed by atoms with van der Waals surface area (Å²) in [6, 6.07) is 5.67. The number of amides is 1. The first-order valence-corrected chi connectivity index (χ1v) is 14.0. The van der Waals surface area contributed by atoms with Gasteiger partial charge in [0, 0.05) is 25.0 Å². The van der Waals surface area contributed by atoms with E-state index in [2.05, 4.69) is 0 Å². The number of fused-ring (bicyclic) bond motifs is 1. The van der Waals surface area contributed by atoms with Crippen LogP contribution in [0, 0.1) is 11.2 Å². The van der Waals surface area contributed by atoms with Crippen LogP contribution in [0.2, 0.25) is 0 Å². The van der Waals surface area contributed by atoms with Crippen LogP contribution in [0.3, 0.4) is 0 Å². The number of carboxylic acid groups (broad SMARTS) is 1. The van der Waals surface area contributed by atoms with Gasteiger partial charge in [-0.1, -0.05) is 12.1 Å². The number of ether oxygens (including phenoxy) is 1. The van der Waals surface area contributed by atoms with Gasteiger partial charge in [0.1, 0.15) is 11.9 Å². The van der Waals surface area contributed by atoms with E-state index in [1.807, 2.05) is 0 Å². The van der Waals surface area contributed by atoms with E-state index in [0.29, 0.717) is 43.5 Å². The lowest BCUT2D eigenvalue weighted by atomic mass is 9.80. The van der Waals surface area contributed by atoms with Crippen molar-refractivity contribution in [3.8, 4) is 0 Å². The zero-order valence-corrected chi connectivity index (χ0v) is 23.4. The molecule has 0 aliphatic carbocycles. The number of rotatable bonds is 7. The second-order valence-electron chi connectivity index (χ2n) is 12.0. The van der Waals surface area contributed by atoms with Crippen molar-refractivity contribution >= 4 is 11.9 Å². The van der Waals surface area contributed by atoms with Crippen LogP contribution in [0.4, 0.5) is 30.7 Å². The number of hydrogen-bond acceptors (Lipinski definition) is 4. The van der Waals surface area contributed by atoms with Crippen LogP contribution in [0.25, 0.3) is 0 Å². The second kappa shape index (κ2) is 11.1. The lowest BCUT2D eigenvalue weighted by Gasteiger charge is -2.32. The number of aliphatic carboxylic acids is 1. The Morgan fingerprint density at radius 1 is 1.07 bits per heavy atom. The molecule has 0 radical (unpaired) electrons. The molecule has 3 aliphatic rings. The highest BCUT2D eigenvalue weighted by molar-refractivity contribution is 5.86. The predicted molar refractivity (Wildman–Crippen MR) is 139 cm³/mol. The van der Waals surface area contributed by atoms with Gasteiger partial charge in [-0.3, -0.25) is 14.5 Å². The van der Waals surface area contributed by atoms with Gasteiger partial charge >= 0.3 is 18.3 Å². The van der Waals surface area contributed by atoms with Crippen LogP contribution < -0.4 is 0 Å². The van der Waals surface area contributed by atoms with Gasteiger partial charge in [0.2, 0.25) is 5.91 Å². The molecular formula is C30H31F7N2O4. The number of hydrogen-bond donors (Lipinski definition) is 1. The normalized spacial score (nSPS) is 28.9. The molecule has 6 nitrogen and oxygen atoms in total. The zero-order chi connectivity index (χ0) is 31.5. The molecule has 1 amide bonds. The molecule has 3 heterocycles. The van der Waals surface area contributed by atoms with E-state index in [1.54, 1.807) is 16.7 Å². The van der Waals surface area contributed by atoms with Crippen molar-refractivity contribution in [3.05, 3.63) is 70.5 Å². The third-order valence-electron chi connectivity index (χ3n) is 8.94. The van der Waals surface area contributed by atoms with Gasteiger partial charge in [-0.15, -0.1) is 0 Å². The van der Waals surface area contributed by atoms with Crippen LogP contribution in [0.15, 0.2) is 42.5 Å². The van der Waals surface area contributed by atoms with E-state index < -0.39 is 70.9 Å². The van der Waals surface area contributed by atoms with Crippen molar-refractivity contribution in [1.29, 1.82) is 0 Å². The van der Waals surface area contributed by atoms with E-state index in [9.17, 15) is 45.4 Å². The first kappa shape index (κ1) is 31.2. The van der Waals surface area contributed by atoms with Crippen molar-refractivity contribution < 1.29 is 50.2 Å². The topological polar surface area (TPSA) is 70.1 Å². The highest BCUT2D eigenvalue weighted by atomic mass is 19.4. The first-order valence-electron chi connectivity index (χ1n) is 14.0. The van der Waals surface area contributed by atoms with Crippen LogP contribution >= 0.6 is 0 Å². The number of halogens is 7. The highest BCUT2D eigenvalue weighted by Gasteiger charge is 2.58. The Morgan fingerprint density at radius 3 is 2.23 bits per heavy atom. The van der Waals surface area contributed by atoms with E-state index >= 15 is 0 Å². The van der Waals surface area contributed by atoms with Crippen LogP contribution in [-0.2, 0) is 26.7 Å². The minimum absolute atomic E-state index is 0.0128. The second-order valence-corrected chi connectivity index (χ2v) is 12.0. The van der Waals surface area contributed by atoms with E-state index in [1.165, 1.54) is 31.2 Å². The van der Waals surface area contributed by atoms with Gasteiger partial charge < -0.3 is 14.7 Å². The summed E-state index contributed by atoms with van der Waals surface area (Å²) in [7, 11) is 0. The van der Waals surface area contributed by atoms with Crippen molar-refractivity contribution in [3.63, 3.8) is 0 Å². The van der Waals surface area contributed by atoms with Crippen molar-refractivity contribution in [1.82, 2.24) is 9.80 Å². The minimum atomic E-state index is -5.02. The molecular weight excluding hydrogens is 585 g/mol. The number of carboxylic acids is 1. The molecule has 43 heavy (non-hydrogen) atoms. The zero-order valence-electron chi connectivity index (χ0n) is 23.4. The number of benzene rings is 2. The van der Waals surface area contributed by atoms with Crippen LogP contribution in [-0.4, -0.2) is 64.6 Å².